The van der Waals surface area contributed by atoms with Gasteiger partial charge in [0.1, 0.15) is 0 Å². The number of rotatable bonds is 5. The second kappa shape index (κ2) is 6.20. The molecule has 2 rings (SSSR count). The Balaban J connectivity index is 1.77. The minimum atomic E-state index is 0.186. The fourth-order valence-corrected chi connectivity index (χ4v) is 2.63. The Morgan fingerprint density at radius 3 is 3.00 bits per heavy atom. The number of hydrogen-bond donors (Lipinski definition) is 1. The predicted octanol–water partition coefficient (Wildman–Crippen LogP) is 2.91. The lowest BCUT2D eigenvalue weighted by Gasteiger charge is -2.30. The fourth-order valence-electron chi connectivity index (χ4n) is 2.63. The third-order valence-corrected chi connectivity index (χ3v) is 3.66. The molecule has 0 aromatic rings. The van der Waals surface area contributed by atoms with Crippen molar-refractivity contribution >= 4 is 5.91 Å². The lowest BCUT2D eigenvalue weighted by atomic mass is 9.88. The first-order chi connectivity index (χ1) is 8.29. The molecule has 1 aliphatic heterocycles. The molecule has 0 bridgehead atoms. The average molecular weight is 237 g/mol. The van der Waals surface area contributed by atoms with Crippen LogP contribution in [0.1, 0.15) is 58.3 Å². The molecule has 0 aromatic carbocycles. The second-order valence-corrected chi connectivity index (χ2v) is 5.07. The van der Waals surface area contributed by atoms with E-state index in [1.165, 1.54) is 30.5 Å². The third kappa shape index (κ3) is 3.56. The third-order valence-electron chi connectivity index (χ3n) is 3.66. The maximum absolute atomic E-state index is 11.3. The molecule has 3 heteroatoms. The standard InChI is InChI=1S/C14H23NO2/c1-2-3-4-9-17-12-6-7-13-11(10-12)5-8-14(16)15-13/h12H,2-10H2,1H3,(H,15,16). The molecule has 0 spiro atoms. The number of allylic oxidation sites excluding steroid dienone is 1. The molecule has 1 unspecified atom stereocenters. The Hall–Kier alpha value is -0.830. The van der Waals surface area contributed by atoms with E-state index in [1.54, 1.807) is 0 Å². The molecule has 2 aliphatic rings. The van der Waals surface area contributed by atoms with E-state index in [2.05, 4.69) is 12.2 Å². The van der Waals surface area contributed by atoms with Crippen LogP contribution in [0.2, 0.25) is 0 Å². The Bertz CT molecular complexity index is 309. The van der Waals surface area contributed by atoms with Gasteiger partial charge in [-0.15, -0.1) is 0 Å². The number of unbranched alkanes of at least 4 members (excludes halogenated alkanes) is 2. The van der Waals surface area contributed by atoms with E-state index in [0.717, 1.165) is 32.3 Å². The SMILES string of the molecule is CCCCCOC1CCC2=C(CCC(=O)N2)C1. The summed E-state index contributed by atoms with van der Waals surface area (Å²) in [6.07, 6.45) is 8.74. The summed E-state index contributed by atoms with van der Waals surface area (Å²) in [6, 6.07) is 0. The molecule has 3 nitrogen and oxygen atoms in total. The molecule has 0 saturated heterocycles. The topological polar surface area (TPSA) is 38.3 Å². The molecule has 0 fully saturated rings. The molecule has 1 amide bonds. The summed E-state index contributed by atoms with van der Waals surface area (Å²) in [5.74, 6) is 0.186. The molecule has 1 N–H and O–H groups in total. The quantitative estimate of drug-likeness (QED) is 0.747. The van der Waals surface area contributed by atoms with Crippen molar-refractivity contribution in [3.05, 3.63) is 11.3 Å². The average Bonchev–Trinajstić information content (AvgIpc) is 2.35. The Kier molecular flexibility index (Phi) is 4.60. The van der Waals surface area contributed by atoms with E-state index in [4.69, 9.17) is 4.74 Å². The van der Waals surface area contributed by atoms with Crippen molar-refractivity contribution in [2.45, 2.75) is 64.4 Å². The molecular formula is C14H23NO2. The Morgan fingerprint density at radius 1 is 1.29 bits per heavy atom. The molecule has 1 aliphatic carbocycles. The van der Waals surface area contributed by atoms with Gasteiger partial charge in [0, 0.05) is 18.7 Å². The number of hydrogen-bond acceptors (Lipinski definition) is 2. The maximum Gasteiger partial charge on any atom is 0.224 e. The van der Waals surface area contributed by atoms with Gasteiger partial charge < -0.3 is 10.1 Å². The highest BCUT2D eigenvalue weighted by atomic mass is 16.5. The van der Waals surface area contributed by atoms with Gasteiger partial charge in [-0.1, -0.05) is 19.8 Å². The maximum atomic E-state index is 11.3. The summed E-state index contributed by atoms with van der Waals surface area (Å²) in [6.45, 7) is 3.11. The van der Waals surface area contributed by atoms with Crippen molar-refractivity contribution in [2.24, 2.45) is 0 Å². The van der Waals surface area contributed by atoms with Crippen LogP contribution < -0.4 is 5.32 Å². The lowest BCUT2D eigenvalue weighted by molar-refractivity contribution is -0.121. The molecule has 0 radical (unpaired) electrons. The first kappa shape index (κ1) is 12.6. The first-order valence-corrected chi connectivity index (χ1v) is 6.92. The Morgan fingerprint density at radius 2 is 2.18 bits per heavy atom. The molecule has 96 valence electrons. The van der Waals surface area contributed by atoms with Gasteiger partial charge >= 0.3 is 0 Å². The van der Waals surface area contributed by atoms with Crippen LogP contribution in [-0.4, -0.2) is 18.6 Å². The lowest BCUT2D eigenvalue weighted by Crippen LogP contribution is -2.33. The van der Waals surface area contributed by atoms with Crippen LogP contribution in [0, 0.1) is 0 Å². The fraction of sp³-hybridized carbons (Fsp3) is 0.786. The zero-order valence-corrected chi connectivity index (χ0v) is 10.8. The van der Waals surface area contributed by atoms with Crippen LogP contribution in [0.25, 0.3) is 0 Å². The van der Waals surface area contributed by atoms with Gasteiger partial charge in [-0.2, -0.15) is 0 Å². The van der Waals surface area contributed by atoms with E-state index in [0.29, 0.717) is 12.5 Å². The highest BCUT2D eigenvalue weighted by Gasteiger charge is 2.25. The van der Waals surface area contributed by atoms with E-state index < -0.39 is 0 Å². The summed E-state index contributed by atoms with van der Waals surface area (Å²) in [5.41, 5.74) is 2.62. The van der Waals surface area contributed by atoms with Crippen LogP contribution in [0.3, 0.4) is 0 Å². The summed E-state index contributed by atoms with van der Waals surface area (Å²) in [7, 11) is 0. The second-order valence-electron chi connectivity index (χ2n) is 5.07. The molecule has 1 heterocycles. The van der Waals surface area contributed by atoms with Crippen LogP contribution in [0.4, 0.5) is 0 Å². The van der Waals surface area contributed by atoms with Crippen LogP contribution in [-0.2, 0) is 9.53 Å². The largest absolute Gasteiger partial charge is 0.378 e. The van der Waals surface area contributed by atoms with E-state index >= 15 is 0 Å². The van der Waals surface area contributed by atoms with Crippen LogP contribution >= 0.6 is 0 Å². The smallest absolute Gasteiger partial charge is 0.224 e. The highest BCUT2D eigenvalue weighted by molar-refractivity contribution is 5.79. The predicted molar refractivity (Wildman–Crippen MR) is 67.5 cm³/mol. The Labute approximate surface area is 104 Å². The van der Waals surface area contributed by atoms with Crippen LogP contribution in [0.15, 0.2) is 11.3 Å². The van der Waals surface area contributed by atoms with Gasteiger partial charge in [-0.05, 0) is 37.7 Å². The monoisotopic (exact) mass is 237 g/mol. The number of nitrogens with one attached hydrogen (secondary N) is 1. The van der Waals surface area contributed by atoms with E-state index in [9.17, 15) is 4.79 Å². The van der Waals surface area contributed by atoms with Gasteiger partial charge in [0.2, 0.25) is 5.91 Å². The zero-order chi connectivity index (χ0) is 12.1. The number of amides is 1. The van der Waals surface area contributed by atoms with Crippen molar-refractivity contribution in [2.75, 3.05) is 6.61 Å². The zero-order valence-electron chi connectivity index (χ0n) is 10.8. The van der Waals surface area contributed by atoms with Gasteiger partial charge in [0.25, 0.3) is 0 Å². The van der Waals surface area contributed by atoms with Crippen LogP contribution in [0.5, 0.6) is 0 Å². The van der Waals surface area contributed by atoms with Gasteiger partial charge in [-0.3, -0.25) is 4.79 Å². The van der Waals surface area contributed by atoms with Gasteiger partial charge in [0.05, 0.1) is 6.10 Å². The normalized spacial score (nSPS) is 24.5. The van der Waals surface area contributed by atoms with Crippen molar-refractivity contribution in [3.63, 3.8) is 0 Å². The number of carbonyl (C=O) groups is 1. The first-order valence-electron chi connectivity index (χ1n) is 6.92. The van der Waals surface area contributed by atoms with Crippen molar-refractivity contribution < 1.29 is 9.53 Å². The summed E-state index contributed by atoms with van der Waals surface area (Å²) in [4.78, 5) is 11.3. The number of carbonyl (C=O) groups excluding carboxylic acids is 1. The number of ether oxygens (including phenoxy) is 1. The summed E-state index contributed by atoms with van der Waals surface area (Å²) < 4.78 is 5.91. The molecule has 1 atom stereocenters. The molecule has 0 saturated carbocycles. The summed E-state index contributed by atoms with van der Waals surface area (Å²) in [5, 5.41) is 3.00. The minimum absolute atomic E-state index is 0.186. The van der Waals surface area contributed by atoms with Gasteiger partial charge in [0.15, 0.2) is 0 Å². The molecule has 0 aromatic heterocycles. The van der Waals surface area contributed by atoms with Crippen molar-refractivity contribution in [1.29, 1.82) is 0 Å². The summed E-state index contributed by atoms with van der Waals surface area (Å²) >= 11 is 0. The van der Waals surface area contributed by atoms with E-state index in [-0.39, 0.29) is 5.91 Å². The minimum Gasteiger partial charge on any atom is -0.378 e. The van der Waals surface area contributed by atoms with Crippen molar-refractivity contribution in [1.82, 2.24) is 5.32 Å². The van der Waals surface area contributed by atoms with E-state index in [1.807, 2.05) is 0 Å². The van der Waals surface area contributed by atoms with Gasteiger partial charge in [-0.25, -0.2) is 0 Å². The highest BCUT2D eigenvalue weighted by Crippen LogP contribution is 2.31. The molecular weight excluding hydrogens is 214 g/mol. The van der Waals surface area contributed by atoms with Crippen molar-refractivity contribution in [3.8, 4) is 0 Å². The molecule has 17 heavy (non-hydrogen) atoms.